The summed E-state index contributed by atoms with van der Waals surface area (Å²) in [7, 11) is 0. The Morgan fingerprint density at radius 3 is 0.926 bits per heavy atom. The lowest BCUT2D eigenvalue weighted by molar-refractivity contribution is 1.28. The first-order chi connectivity index (χ1) is 53.5. The quantitative estimate of drug-likeness (QED) is 0.114. The average Bonchev–Trinajstić information content (AvgIpc) is 1.49. The summed E-state index contributed by atoms with van der Waals surface area (Å²) < 4.78 is 10.5. The zero-order chi connectivity index (χ0) is 71.4. The van der Waals surface area contributed by atoms with Crippen molar-refractivity contribution in [1.29, 1.82) is 0 Å². The number of hydrogen-bond acceptors (Lipinski definition) is 6. The lowest BCUT2D eigenvalue weighted by atomic mass is 9.92. The minimum atomic E-state index is 1.11. The first-order valence-corrected chi connectivity index (χ1v) is 39.8. The third-order valence-electron chi connectivity index (χ3n) is 21.0. The van der Waals surface area contributed by atoms with Crippen molar-refractivity contribution in [3.63, 3.8) is 0 Å². The van der Waals surface area contributed by atoms with Gasteiger partial charge in [-0.2, -0.15) is 0 Å². The molecule has 0 N–H and O–H groups in total. The fourth-order valence-corrected chi connectivity index (χ4v) is 20.2. The Labute approximate surface area is 643 Å². The predicted molar refractivity (Wildman–Crippen MR) is 472 cm³/mol. The van der Waals surface area contributed by atoms with Crippen molar-refractivity contribution >= 4 is 160 Å². The zero-order valence-electron chi connectivity index (χ0n) is 58.6. The highest BCUT2D eigenvalue weighted by atomic mass is 32.1. The average molecular weight is 1450 g/mol. The maximum absolute atomic E-state index is 2.43. The third kappa shape index (κ3) is 12.1. The summed E-state index contributed by atoms with van der Waals surface area (Å²) in [5, 5.41) is 10.5. The molecule has 0 bridgehead atoms. The summed E-state index contributed by atoms with van der Waals surface area (Å²) in [5.41, 5.74) is 23.8. The van der Waals surface area contributed by atoms with Crippen LogP contribution in [-0.2, 0) is 0 Å². The van der Waals surface area contributed by atoms with Crippen LogP contribution in [0.4, 0.5) is 34.1 Å². The maximum atomic E-state index is 2.43. The van der Waals surface area contributed by atoms with E-state index in [1.54, 1.807) is 0 Å². The molecule has 0 unspecified atom stereocenters. The monoisotopic (exact) mass is 1450 g/mol. The number of rotatable bonds is 13. The van der Waals surface area contributed by atoms with Gasteiger partial charge in [0.15, 0.2) is 0 Å². The minimum absolute atomic E-state index is 1.11. The molecule has 0 radical (unpaired) electrons. The highest BCUT2D eigenvalue weighted by molar-refractivity contribution is 7.27. The predicted octanol–water partition coefficient (Wildman–Crippen LogP) is 31.5. The van der Waals surface area contributed by atoms with Gasteiger partial charge in [0.25, 0.3) is 0 Å². The molecular formula is C102H66N2S4. The summed E-state index contributed by atoms with van der Waals surface area (Å²) in [4.78, 5) is 4.80. The van der Waals surface area contributed by atoms with Gasteiger partial charge in [0.2, 0.25) is 0 Å². The van der Waals surface area contributed by atoms with Crippen molar-refractivity contribution in [2.24, 2.45) is 0 Å². The van der Waals surface area contributed by atoms with E-state index in [0.29, 0.717) is 0 Å². The van der Waals surface area contributed by atoms with Crippen LogP contribution in [0, 0.1) is 0 Å². The Kier molecular flexibility index (Phi) is 16.8. The second-order valence-corrected chi connectivity index (χ2v) is 31.7. The number of nitrogens with zero attached hydrogens (tertiary/aromatic N) is 2. The van der Waals surface area contributed by atoms with Crippen LogP contribution in [0.2, 0.25) is 0 Å². The molecule has 0 amide bonds. The van der Waals surface area contributed by atoms with Gasteiger partial charge in [0, 0.05) is 115 Å². The molecule has 108 heavy (non-hydrogen) atoms. The molecular weight excluding hydrogens is 1380 g/mol. The van der Waals surface area contributed by atoms with Crippen LogP contribution in [0.15, 0.2) is 400 Å². The van der Waals surface area contributed by atoms with Gasteiger partial charge in [-0.3, -0.25) is 0 Å². The van der Waals surface area contributed by atoms with Gasteiger partial charge in [0.05, 0.1) is 5.69 Å². The lowest BCUT2D eigenvalue weighted by Crippen LogP contribution is -2.11. The van der Waals surface area contributed by atoms with Crippen molar-refractivity contribution in [2.75, 3.05) is 9.80 Å². The summed E-state index contributed by atoms with van der Waals surface area (Å²) in [6.07, 6.45) is 0. The van der Waals surface area contributed by atoms with Crippen LogP contribution >= 0.6 is 45.3 Å². The molecule has 4 aromatic heterocycles. The van der Waals surface area contributed by atoms with Gasteiger partial charge in [-0.25, -0.2) is 0 Å². The highest BCUT2D eigenvalue weighted by Gasteiger charge is 2.23. The van der Waals surface area contributed by atoms with Crippen LogP contribution in [0.3, 0.4) is 0 Å². The van der Waals surface area contributed by atoms with Gasteiger partial charge in [0.1, 0.15) is 0 Å². The van der Waals surface area contributed by atoms with Crippen LogP contribution in [-0.4, -0.2) is 0 Å². The smallest absolute Gasteiger partial charge is 0.0554 e. The van der Waals surface area contributed by atoms with Crippen molar-refractivity contribution in [2.45, 2.75) is 0 Å². The molecule has 17 aromatic carbocycles. The van der Waals surface area contributed by atoms with Gasteiger partial charge < -0.3 is 9.80 Å². The second kappa shape index (κ2) is 27.9. The Bertz CT molecular complexity index is 6860. The van der Waals surface area contributed by atoms with Gasteiger partial charge in [-0.1, -0.05) is 279 Å². The van der Waals surface area contributed by atoms with E-state index >= 15 is 0 Å². The minimum Gasteiger partial charge on any atom is -0.311 e. The Morgan fingerprint density at radius 2 is 0.444 bits per heavy atom. The molecule has 0 aliphatic heterocycles. The van der Waals surface area contributed by atoms with Gasteiger partial charge in [-0.05, 0) is 194 Å². The standard InChI is InChI=1S/C54H35NS2.C48H31NS2/c1-3-12-36(13-4-1)37-22-28-41(29-23-37)55(42-30-24-39(25-31-42)44-18-11-19-47-45-16-7-10-21-52(45)57-54(44)47)43-32-26-40(27-33-43)49-35-53-50(46-17-8-9-20-51(46)56-53)34-48(49)38-14-5-2-6-15-38;1-3-11-32(12-4-1)33-19-24-37(25-20-33)49(38-26-21-34(22-27-38)36-23-28-47-42(29-36)39-15-7-9-17-45(39)50-47)44-31-48-43(40-16-8-10-18-46(40)51-48)30-41(44)35-13-5-2-6-14-35/h1-35H;1-31H. The van der Waals surface area contributed by atoms with Crippen LogP contribution in [0.25, 0.3) is 159 Å². The molecule has 21 rings (SSSR count). The summed E-state index contributed by atoms with van der Waals surface area (Å²) in [6.45, 7) is 0. The van der Waals surface area contributed by atoms with Crippen molar-refractivity contribution in [1.82, 2.24) is 0 Å². The molecule has 6 heteroatoms. The van der Waals surface area contributed by atoms with E-state index in [9.17, 15) is 0 Å². The van der Waals surface area contributed by atoms with Crippen molar-refractivity contribution in [3.05, 3.63) is 400 Å². The van der Waals surface area contributed by atoms with Gasteiger partial charge >= 0.3 is 0 Å². The second-order valence-electron chi connectivity index (χ2n) is 27.4. The molecule has 2 nitrogen and oxygen atoms in total. The Hall–Kier alpha value is -12.8. The largest absolute Gasteiger partial charge is 0.311 e. The topological polar surface area (TPSA) is 6.48 Å². The Morgan fingerprint density at radius 1 is 0.148 bits per heavy atom. The molecule has 0 saturated heterocycles. The Balaban J connectivity index is 0.000000143. The zero-order valence-corrected chi connectivity index (χ0v) is 61.9. The first-order valence-electron chi connectivity index (χ1n) is 36.6. The molecule has 21 aromatic rings. The van der Waals surface area contributed by atoms with E-state index in [4.69, 9.17) is 0 Å². The maximum Gasteiger partial charge on any atom is 0.0554 e. The van der Waals surface area contributed by atoms with Crippen LogP contribution in [0.1, 0.15) is 0 Å². The number of benzene rings is 17. The molecule has 4 heterocycles. The number of anilines is 6. The van der Waals surface area contributed by atoms with Gasteiger partial charge in [-0.15, -0.1) is 45.3 Å². The molecule has 0 aliphatic rings. The van der Waals surface area contributed by atoms with E-state index in [1.807, 2.05) is 45.3 Å². The van der Waals surface area contributed by atoms with Crippen LogP contribution < -0.4 is 9.80 Å². The summed E-state index contributed by atoms with van der Waals surface area (Å²) >= 11 is 7.47. The molecule has 0 saturated carbocycles. The summed E-state index contributed by atoms with van der Waals surface area (Å²) in [5.74, 6) is 0. The van der Waals surface area contributed by atoms with E-state index in [0.717, 1.165) is 34.1 Å². The fraction of sp³-hybridized carbons (Fsp3) is 0. The number of fused-ring (bicyclic) bond motifs is 12. The molecule has 0 spiro atoms. The first kappa shape index (κ1) is 64.8. The third-order valence-corrected chi connectivity index (χ3v) is 25.6. The lowest BCUT2D eigenvalue weighted by Gasteiger charge is -2.28. The molecule has 0 aliphatic carbocycles. The van der Waals surface area contributed by atoms with Crippen molar-refractivity contribution in [3.8, 4) is 77.9 Å². The van der Waals surface area contributed by atoms with Crippen molar-refractivity contribution < 1.29 is 0 Å². The van der Waals surface area contributed by atoms with E-state index < -0.39 is 0 Å². The molecule has 0 atom stereocenters. The summed E-state index contributed by atoms with van der Waals surface area (Å²) in [6, 6.07) is 146. The number of hydrogen-bond donors (Lipinski definition) is 0. The van der Waals surface area contributed by atoms with E-state index in [-0.39, 0.29) is 0 Å². The molecule has 0 fully saturated rings. The molecule has 508 valence electrons. The highest BCUT2D eigenvalue weighted by Crippen LogP contribution is 2.50. The SMILES string of the molecule is c1ccc(-c2ccc(N(c3ccc(-c4cc5sc6ccccc6c5cc4-c4ccccc4)cc3)c3ccc(-c4cccc5c4sc4ccccc45)cc3)cc2)cc1.c1ccc(-c2ccc(N(c3ccc(-c4ccc5sc6ccccc6c5c4)cc3)c3cc4sc5ccccc5c4cc3-c3ccccc3)cc2)cc1. The van der Waals surface area contributed by atoms with E-state index in [1.165, 1.54) is 159 Å². The normalized spacial score (nSPS) is 11.5. The fourth-order valence-electron chi connectivity index (χ4n) is 15.7. The van der Waals surface area contributed by atoms with E-state index in [2.05, 4.69) is 410 Å². The van der Waals surface area contributed by atoms with Crippen LogP contribution in [0.5, 0.6) is 0 Å². The number of thiophene rings is 4.